The third-order valence-corrected chi connectivity index (χ3v) is 3.25. The number of alkyl halides is 6. The van der Waals surface area contributed by atoms with Gasteiger partial charge < -0.3 is 0 Å². The number of benzene rings is 1. The zero-order valence-electron chi connectivity index (χ0n) is 10.7. The number of halogens is 6. The maximum absolute atomic E-state index is 12.7. The summed E-state index contributed by atoms with van der Waals surface area (Å²) in [6, 6.07) is 1.73. The summed E-state index contributed by atoms with van der Waals surface area (Å²) in [6.07, 6.45) is -9.15. The molecule has 0 aliphatic carbocycles. The first-order valence-electron chi connectivity index (χ1n) is 5.68. The topological polar surface area (TPSA) is 0 Å². The molecule has 0 saturated heterocycles. The van der Waals surface area contributed by atoms with Crippen LogP contribution in [-0.2, 0) is 17.7 Å². The van der Waals surface area contributed by atoms with Crippen molar-refractivity contribution in [2.45, 2.75) is 37.9 Å². The van der Waals surface area contributed by atoms with Gasteiger partial charge in [0.2, 0.25) is 0 Å². The van der Waals surface area contributed by atoms with Crippen LogP contribution in [0.2, 0.25) is 0 Å². The molecular formula is C12H13BF6. The van der Waals surface area contributed by atoms with E-state index >= 15 is 0 Å². The van der Waals surface area contributed by atoms with Crippen molar-refractivity contribution in [1.29, 1.82) is 0 Å². The number of rotatable bonds is 2. The standard InChI is InChI=1S/C12H13BF6/c1-3-10(2,13)7-4-8(11(14,15)16)6-9(5-7)12(17,18)19/h4-6H,3,13H2,1-2H3/t10-/m1/s1. The molecule has 0 spiro atoms. The molecule has 0 unspecified atom stereocenters. The lowest BCUT2D eigenvalue weighted by Crippen LogP contribution is -2.23. The highest BCUT2D eigenvalue weighted by Crippen LogP contribution is 2.38. The lowest BCUT2D eigenvalue weighted by atomic mass is 9.63. The van der Waals surface area contributed by atoms with E-state index < -0.39 is 28.8 Å². The predicted molar refractivity (Wildman–Crippen MR) is 62.6 cm³/mol. The summed E-state index contributed by atoms with van der Waals surface area (Å²) in [4.78, 5) is 0. The summed E-state index contributed by atoms with van der Waals surface area (Å²) in [5.74, 6) is 0. The fourth-order valence-corrected chi connectivity index (χ4v) is 1.55. The maximum atomic E-state index is 12.7. The van der Waals surface area contributed by atoms with Gasteiger partial charge in [0.15, 0.2) is 0 Å². The first-order valence-corrected chi connectivity index (χ1v) is 5.68. The Morgan fingerprint density at radius 1 is 0.842 bits per heavy atom. The highest BCUT2D eigenvalue weighted by molar-refractivity contribution is 6.15. The lowest BCUT2D eigenvalue weighted by molar-refractivity contribution is -0.143. The predicted octanol–water partition coefficient (Wildman–Crippen LogP) is 3.98. The quantitative estimate of drug-likeness (QED) is 0.568. The van der Waals surface area contributed by atoms with Crippen LogP contribution in [0, 0.1) is 0 Å². The van der Waals surface area contributed by atoms with Crippen LogP contribution in [0.3, 0.4) is 0 Å². The van der Waals surface area contributed by atoms with Crippen molar-refractivity contribution in [2.24, 2.45) is 0 Å². The molecule has 0 amide bonds. The Bertz CT molecular complexity index is 426. The summed E-state index contributed by atoms with van der Waals surface area (Å²) < 4.78 is 76.0. The summed E-state index contributed by atoms with van der Waals surface area (Å²) in [7, 11) is 1.61. The zero-order valence-corrected chi connectivity index (χ0v) is 10.7. The molecule has 1 aromatic rings. The van der Waals surface area contributed by atoms with Crippen molar-refractivity contribution in [2.75, 3.05) is 0 Å². The summed E-state index contributed by atoms with van der Waals surface area (Å²) in [5.41, 5.74) is -2.49. The molecule has 0 fully saturated rings. The molecule has 0 saturated carbocycles. The van der Waals surface area contributed by atoms with Crippen LogP contribution in [0.1, 0.15) is 37.0 Å². The summed E-state index contributed by atoms with van der Waals surface area (Å²) in [5, 5.41) is -0.749. The van der Waals surface area contributed by atoms with E-state index in [4.69, 9.17) is 0 Å². The van der Waals surface area contributed by atoms with Crippen molar-refractivity contribution < 1.29 is 26.3 Å². The molecule has 1 aromatic carbocycles. The SMILES string of the molecule is B[C@](C)(CC)c1cc(C(F)(F)F)cc(C(F)(F)F)c1. The van der Waals surface area contributed by atoms with E-state index in [2.05, 4.69) is 0 Å². The second-order valence-corrected chi connectivity index (χ2v) is 5.03. The van der Waals surface area contributed by atoms with Crippen molar-refractivity contribution in [3.8, 4) is 0 Å². The molecular weight excluding hydrogens is 269 g/mol. The average molecular weight is 282 g/mol. The molecule has 0 heterocycles. The van der Waals surface area contributed by atoms with E-state index in [-0.39, 0.29) is 11.6 Å². The van der Waals surface area contributed by atoms with Crippen LogP contribution in [0.25, 0.3) is 0 Å². The van der Waals surface area contributed by atoms with E-state index in [1.165, 1.54) is 0 Å². The Morgan fingerprint density at radius 3 is 1.42 bits per heavy atom. The van der Waals surface area contributed by atoms with E-state index in [0.717, 1.165) is 12.1 Å². The normalized spacial score (nSPS) is 16.2. The van der Waals surface area contributed by atoms with Gasteiger partial charge in [0, 0.05) is 0 Å². The van der Waals surface area contributed by atoms with E-state index in [1.54, 1.807) is 21.7 Å². The van der Waals surface area contributed by atoms with Crippen molar-refractivity contribution in [3.05, 3.63) is 34.9 Å². The Labute approximate surface area is 108 Å². The maximum Gasteiger partial charge on any atom is 0.416 e. The van der Waals surface area contributed by atoms with Crippen molar-refractivity contribution in [1.82, 2.24) is 0 Å². The third kappa shape index (κ3) is 3.67. The lowest BCUT2D eigenvalue weighted by Gasteiger charge is -2.25. The molecule has 7 heteroatoms. The molecule has 1 atom stereocenters. The molecule has 0 bridgehead atoms. The summed E-state index contributed by atoms with van der Waals surface area (Å²) in [6.45, 7) is 3.33. The number of hydrogen-bond acceptors (Lipinski definition) is 0. The zero-order chi connectivity index (χ0) is 15.1. The number of hydrogen-bond donors (Lipinski definition) is 0. The van der Waals surface area contributed by atoms with Gasteiger partial charge in [-0.3, -0.25) is 0 Å². The monoisotopic (exact) mass is 282 g/mol. The molecule has 0 aliphatic rings. The first-order chi connectivity index (χ1) is 8.38. The van der Waals surface area contributed by atoms with Gasteiger partial charge >= 0.3 is 12.4 Å². The first kappa shape index (κ1) is 15.9. The minimum Gasteiger partial charge on any atom is -0.166 e. The van der Waals surface area contributed by atoms with E-state index in [0.29, 0.717) is 6.42 Å². The third-order valence-electron chi connectivity index (χ3n) is 3.25. The summed E-state index contributed by atoms with van der Waals surface area (Å²) >= 11 is 0. The van der Waals surface area contributed by atoms with Crippen LogP contribution in [-0.4, -0.2) is 7.85 Å². The molecule has 0 radical (unpaired) electrons. The van der Waals surface area contributed by atoms with Gasteiger partial charge in [0.05, 0.1) is 11.1 Å². The van der Waals surface area contributed by atoms with Gasteiger partial charge in [-0.05, 0) is 29.1 Å². The van der Waals surface area contributed by atoms with Crippen molar-refractivity contribution >= 4 is 7.85 Å². The van der Waals surface area contributed by atoms with Gasteiger partial charge in [-0.15, -0.1) is 0 Å². The van der Waals surface area contributed by atoms with Gasteiger partial charge in [-0.25, -0.2) is 0 Å². The van der Waals surface area contributed by atoms with E-state index in [1.807, 2.05) is 0 Å². The molecule has 0 N–H and O–H groups in total. The fourth-order valence-electron chi connectivity index (χ4n) is 1.55. The second-order valence-electron chi connectivity index (χ2n) is 5.03. The smallest absolute Gasteiger partial charge is 0.166 e. The molecule has 0 aliphatic heterocycles. The Morgan fingerprint density at radius 2 is 1.16 bits per heavy atom. The average Bonchev–Trinajstić information content (AvgIpc) is 2.26. The van der Waals surface area contributed by atoms with Crippen LogP contribution < -0.4 is 0 Å². The molecule has 19 heavy (non-hydrogen) atoms. The molecule has 106 valence electrons. The highest BCUT2D eigenvalue weighted by Gasteiger charge is 2.38. The van der Waals surface area contributed by atoms with Crippen LogP contribution in [0.5, 0.6) is 0 Å². The Hall–Kier alpha value is -1.14. The molecule has 0 nitrogen and oxygen atoms in total. The second kappa shape index (κ2) is 4.76. The van der Waals surface area contributed by atoms with Gasteiger partial charge in [0.25, 0.3) is 0 Å². The van der Waals surface area contributed by atoms with Crippen LogP contribution in [0.4, 0.5) is 26.3 Å². The van der Waals surface area contributed by atoms with Gasteiger partial charge in [0.1, 0.15) is 7.85 Å². The van der Waals surface area contributed by atoms with E-state index in [9.17, 15) is 26.3 Å². The van der Waals surface area contributed by atoms with Gasteiger partial charge in [-0.2, -0.15) is 26.3 Å². The largest absolute Gasteiger partial charge is 0.416 e. The van der Waals surface area contributed by atoms with Crippen LogP contribution >= 0.6 is 0 Å². The molecule has 1 rings (SSSR count). The fraction of sp³-hybridized carbons (Fsp3) is 0.500. The van der Waals surface area contributed by atoms with Gasteiger partial charge in [-0.1, -0.05) is 20.3 Å². The van der Waals surface area contributed by atoms with Crippen molar-refractivity contribution in [3.63, 3.8) is 0 Å². The Kier molecular flexibility index (Phi) is 3.99. The minimum atomic E-state index is -4.79. The van der Waals surface area contributed by atoms with Crippen LogP contribution in [0.15, 0.2) is 18.2 Å². The molecule has 0 aromatic heterocycles. The Balaban J connectivity index is 3.51. The highest BCUT2D eigenvalue weighted by atomic mass is 19.4. The minimum absolute atomic E-state index is 0.0390.